The molecule has 0 saturated carbocycles. The smallest absolute Gasteiger partial charge is 0.333 e. The Morgan fingerprint density at radius 3 is 2.03 bits per heavy atom. The molecule has 0 fully saturated rings. The van der Waals surface area contributed by atoms with E-state index in [1.54, 1.807) is 39.0 Å². The lowest BCUT2D eigenvalue weighted by molar-refractivity contribution is -0.168. The van der Waals surface area contributed by atoms with Gasteiger partial charge in [-0.15, -0.1) is 0 Å². The summed E-state index contributed by atoms with van der Waals surface area (Å²) in [6.45, 7) is 5.17. The lowest BCUT2D eigenvalue weighted by Gasteiger charge is -2.35. The zero-order chi connectivity index (χ0) is 22.1. The highest BCUT2D eigenvalue weighted by Crippen LogP contribution is 2.23. The number of hydrogen-bond donors (Lipinski definition) is 0. The van der Waals surface area contributed by atoms with E-state index in [1.807, 2.05) is 0 Å². The van der Waals surface area contributed by atoms with Crippen LogP contribution < -0.4 is 0 Å². The maximum absolute atomic E-state index is 14.1. The van der Waals surface area contributed by atoms with Crippen molar-refractivity contribution in [3.63, 3.8) is 0 Å². The average molecular weight is 412 g/mol. The first-order valence-electron chi connectivity index (χ1n) is 9.36. The highest BCUT2D eigenvalue weighted by Gasteiger charge is 2.39. The predicted molar refractivity (Wildman–Crippen MR) is 105 cm³/mol. The molecule has 0 saturated heterocycles. The van der Waals surface area contributed by atoms with Gasteiger partial charge >= 0.3 is 5.97 Å². The molecule has 8 heteroatoms. The lowest BCUT2D eigenvalue weighted by Crippen LogP contribution is -2.47. The quantitative estimate of drug-likeness (QED) is 0.704. The van der Waals surface area contributed by atoms with Gasteiger partial charge in [0.25, 0.3) is 17.7 Å². The molecule has 30 heavy (non-hydrogen) atoms. The second-order valence-corrected chi connectivity index (χ2v) is 7.77. The van der Waals surface area contributed by atoms with Crippen molar-refractivity contribution < 1.29 is 28.4 Å². The Labute approximate surface area is 173 Å². The molecule has 0 N–H and O–H groups in total. The minimum absolute atomic E-state index is 0.0847. The second kappa shape index (κ2) is 8.06. The Balaban J connectivity index is 1.69. The van der Waals surface area contributed by atoms with Gasteiger partial charge in [0.2, 0.25) is 0 Å². The van der Waals surface area contributed by atoms with Crippen molar-refractivity contribution >= 4 is 23.7 Å². The minimum Gasteiger partial charge on any atom is -0.333 e. The fourth-order valence-electron chi connectivity index (χ4n) is 3.12. The molecule has 3 amide bonds. The number of halogens is 1. The van der Waals surface area contributed by atoms with E-state index in [0.717, 1.165) is 0 Å². The molecule has 0 atom stereocenters. The van der Waals surface area contributed by atoms with Gasteiger partial charge in [-0.2, -0.15) is 0 Å². The van der Waals surface area contributed by atoms with Crippen LogP contribution in [0.25, 0.3) is 0 Å². The third-order valence-corrected chi connectivity index (χ3v) is 4.65. The van der Waals surface area contributed by atoms with Gasteiger partial charge in [0, 0.05) is 12.1 Å². The maximum Gasteiger partial charge on any atom is 0.335 e. The normalized spacial score (nSPS) is 13.3. The summed E-state index contributed by atoms with van der Waals surface area (Å²) in [5, 5.41) is 0.424. The third-order valence-electron chi connectivity index (χ3n) is 4.65. The molecule has 1 aliphatic heterocycles. The SMILES string of the molecule is CC(C)(C)N(CCC(=O)ON1C(=O)c2ccccc2C1=O)C(=O)c1ccccc1F. The van der Waals surface area contributed by atoms with Crippen molar-refractivity contribution in [2.45, 2.75) is 32.7 Å². The van der Waals surface area contributed by atoms with Crippen LogP contribution in [0.5, 0.6) is 0 Å². The van der Waals surface area contributed by atoms with Crippen LogP contribution >= 0.6 is 0 Å². The molecule has 2 aromatic carbocycles. The number of nitrogens with zero attached hydrogens (tertiary/aromatic N) is 2. The highest BCUT2D eigenvalue weighted by molar-refractivity contribution is 6.20. The van der Waals surface area contributed by atoms with E-state index in [1.165, 1.54) is 35.2 Å². The molecular formula is C22H21FN2O5. The van der Waals surface area contributed by atoms with Crippen LogP contribution in [0.1, 0.15) is 58.3 Å². The molecule has 3 rings (SSSR count). The summed E-state index contributed by atoms with van der Waals surface area (Å²) in [6, 6.07) is 11.7. The number of hydroxylamine groups is 2. The van der Waals surface area contributed by atoms with E-state index in [9.17, 15) is 23.6 Å². The van der Waals surface area contributed by atoms with Crippen LogP contribution in [0.15, 0.2) is 48.5 Å². The Kier molecular flexibility index (Phi) is 5.69. The summed E-state index contributed by atoms with van der Waals surface area (Å²) in [4.78, 5) is 56.1. The first kappa shape index (κ1) is 21.2. The van der Waals surface area contributed by atoms with E-state index < -0.39 is 35.0 Å². The largest absolute Gasteiger partial charge is 0.335 e. The Morgan fingerprint density at radius 1 is 0.967 bits per heavy atom. The third kappa shape index (κ3) is 4.07. The van der Waals surface area contributed by atoms with Gasteiger partial charge in [-0.1, -0.05) is 29.3 Å². The number of benzene rings is 2. The number of carbonyl (C=O) groups excluding carboxylic acids is 4. The molecule has 0 spiro atoms. The van der Waals surface area contributed by atoms with Gasteiger partial charge in [0.1, 0.15) is 5.82 Å². The van der Waals surface area contributed by atoms with Crippen LogP contribution in [0.4, 0.5) is 4.39 Å². The molecular weight excluding hydrogens is 391 g/mol. The molecule has 2 aromatic rings. The number of rotatable bonds is 5. The number of carbonyl (C=O) groups is 4. The van der Waals surface area contributed by atoms with Gasteiger partial charge in [-0.05, 0) is 45.0 Å². The second-order valence-electron chi connectivity index (χ2n) is 7.77. The van der Waals surface area contributed by atoms with E-state index >= 15 is 0 Å². The first-order chi connectivity index (χ1) is 14.1. The van der Waals surface area contributed by atoms with Crippen molar-refractivity contribution in [2.24, 2.45) is 0 Å². The van der Waals surface area contributed by atoms with Gasteiger partial charge in [0.15, 0.2) is 0 Å². The van der Waals surface area contributed by atoms with Gasteiger partial charge in [0.05, 0.1) is 23.1 Å². The number of fused-ring (bicyclic) bond motifs is 1. The van der Waals surface area contributed by atoms with E-state index in [2.05, 4.69) is 0 Å². The standard InChI is InChI=1S/C22H21FN2O5/c1-22(2,3)24(19(27)16-10-6-7-11-17(16)23)13-12-18(26)30-25-20(28)14-8-4-5-9-15(14)21(25)29/h4-11H,12-13H2,1-3H3. The van der Waals surface area contributed by atoms with Crippen molar-refractivity contribution in [1.82, 2.24) is 9.96 Å². The number of hydrogen-bond acceptors (Lipinski definition) is 5. The van der Waals surface area contributed by atoms with Gasteiger partial charge in [-0.25, -0.2) is 9.18 Å². The van der Waals surface area contributed by atoms with Crippen molar-refractivity contribution in [1.29, 1.82) is 0 Å². The topological polar surface area (TPSA) is 84.0 Å². The monoisotopic (exact) mass is 412 g/mol. The molecule has 0 radical (unpaired) electrons. The first-order valence-corrected chi connectivity index (χ1v) is 9.36. The minimum atomic E-state index is -0.861. The van der Waals surface area contributed by atoms with Crippen LogP contribution in [-0.4, -0.2) is 45.7 Å². The summed E-state index contributed by atoms with van der Waals surface area (Å²) in [7, 11) is 0. The molecule has 156 valence electrons. The molecule has 0 bridgehead atoms. The fourth-order valence-corrected chi connectivity index (χ4v) is 3.12. The summed E-state index contributed by atoms with van der Waals surface area (Å²) < 4.78 is 14.1. The summed E-state index contributed by atoms with van der Waals surface area (Å²) >= 11 is 0. The van der Waals surface area contributed by atoms with E-state index in [0.29, 0.717) is 5.06 Å². The summed E-state index contributed by atoms with van der Waals surface area (Å²) in [6.07, 6.45) is -0.287. The van der Waals surface area contributed by atoms with E-state index in [4.69, 9.17) is 4.84 Å². The van der Waals surface area contributed by atoms with Crippen molar-refractivity contribution in [3.05, 3.63) is 71.0 Å². The molecule has 0 aromatic heterocycles. The van der Waals surface area contributed by atoms with Crippen LogP contribution in [0, 0.1) is 5.82 Å². The lowest BCUT2D eigenvalue weighted by atomic mass is 10.0. The van der Waals surface area contributed by atoms with E-state index in [-0.39, 0.29) is 29.7 Å². The predicted octanol–water partition coefficient (Wildman–Crippen LogP) is 3.21. The molecule has 0 unspecified atom stereocenters. The fraction of sp³-hybridized carbons (Fsp3) is 0.273. The van der Waals surface area contributed by atoms with Gasteiger partial charge < -0.3 is 9.74 Å². The zero-order valence-electron chi connectivity index (χ0n) is 16.8. The summed E-state index contributed by atoms with van der Waals surface area (Å²) in [5.74, 6) is -3.54. The van der Waals surface area contributed by atoms with Gasteiger partial charge in [-0.3, -0.25) is 14.4 Å². The number of amides is 3. The highest BCUT2D eigenvalue weighted by atomic mass is 19.1. The Bertz CT molecular complexity index is 993. The average Bonchev–Trinajstić information content (AvgIpc) is 2.92. The molecule has 1 heterocycles. The zero-order valence-corrected chi connectivity index (χ0v) is 16.8. The van der Waals surface area contributed by atoms with Crippen LogP contribution in [0.3, 0.4) is 0 Å². The van der Waals surface area contributed by atoms with Crippen LogP contribution in [0.2, 0.25) is 0 Å². The Hall–Kier alpha value is -3.55. The van der Waals surface area contributed by atoms with Crippen molar-refractivity contribution in [3.8, 4) is 0 Å². The number of imide groups is 1. The summed E-state index contributed by atoms with van der Waals surface area (Å²) in [5.41, 5.74) is -0.515. The maximum atomic E-state index is 14.1. The van der Waals surface area contributed by atoms with Crippen LogP contribution in [-0.2, 0) is 9.63 Å². The van der Waals surface area contributed by atoms with Crippen molar-refractivity contribution in [2.75, 3.05) is 6.54 Å². The molecule has 1 aliphatic rings. The molecule has 0 aliphatic carbocycles. The molecule has 7 nitrogen and oxygen atoms in total. The Morgan fingerprint density at radius 2 is 1.50 bits per heavy atom.